The van der Waals surface area contributed by atoms with Crippen molar-refractivity contribution in [2.45, 2.75) is 50.6 Å². The minimum atomic E-state index is 0.129. The molecule has 0 amide bonds. The summed E-state index contributed by atoms with van der Waals surface area (Å²) in [6, 6.07) is 6.38. The number of nitrogens with two attached hydrogens (primary N) is 2. The van der Waals surface area contributed by atoms with E-state index in [2.05, 4.69) is 10.3 Å². The second-order valence-corrected chi connectivity index (χ2v) is 7.94. The molecule has 2 aliphatic carbocycles. The van der Waals surface area contributed by atoms with Crippen LogP contribution in [-0.4, -0.2) is 29.1 Å². The van der Waals surface area contributed by atoms with Gasteiger partial charge in [0.05, 0.1) is 16.8 Å². The molecule has 28 heavy (non-hydrogen) atoms. The summed E-state index contributed by atoms with van der Waals surface area (Å²) in [4.78, 5) is 17.5. The number of Topliss-reactive ketones (excluding diaryl/α,β-unsaturated/α-hetero) is 1. The maximum Gasteiger partial charge on any atom is 0.169 e. The maximum absolute atomic E-state index is 12.9. The summed E-state index contributed by atoms with van der Waals surface area (Å²) < 4.78 is 0. The van der Waals surface area contributed by atoms with E-state index in [9.17, 15) is 4.79 Å². The second-order valence-electron chi connectivity index (χ2n) is 7.94. The number of carbonyl (C=O) groups excluding carboxylic acids is 1. The Balaban J connectivity index is 1.80. The third-order valence-corrected chi connectivity index (χ3v) is 5.87. The molecule has 2 saturated carbocycles. The summed E-state index contributed by atoms with van der Waals surface area (Å²) in [5.41, 5.74) is 15.6. The number of anilines is 1. The van der Waals surface area contributed by atoms with E-state index in [0.29, 0.717) is 17.2 Å². The van der Waals surface area contributed by atoms with Crippen LogP contribution in [0.4, 0.5) is 5.69 Å². The standard InChI is InChI=1S/C22H27N5O/c23-10-15(11-24)14-3-8-20-18(9-14)21(27-17-6-4-16(25)5-7-17)19(12-26-20)22(28)13-1-2-13/h3,8-13,16-17,23H,1-2,4-7,24-25H2,(H,26,27)/b15-11+,23-10?. The second kappa shape index (κ2) is 7.72. The molecule has 2 aliphatic rings. The molecule has 0 saturated heterocycles. The lowest BCUT2D eigenvalue weighted by molar-refractivity contribution is 0.0968. The first-order chi connectivity index (χ1) is 13.6. The number of carbonyl (C=O) groups is 1. The number of allylic oxidation sites excluding steroid dienone is 1. The van der Waals surface area contributed by atoms with Crippen molar-refractivity contribution in [1.29, 1.82) is 5.41 Å². The first-order valence-electron chi connectivity index (χ1n) is 10.0. The Hall–Kier alpha value is -2.73. The van der Waals surface area contributed by atoms with Gasteiger partial charge >= 0.3 is 0 Å². The summed E-state index contributed by atoms with van der Waals surface area (Å²) in [6.07, 6.45) is 10.3. The van der Waals surface area contributed by atoms with Crippen molar-refractivity contribution in [2.24, 2.45) is 17.4 Å². The van der Waals surface area contributed by atoms with Gasteiger partial charge in [0.25, 0.3) is 0 Å². The van der Waals surface area contributed by atoms with Crippen molar-refractivity contribution in [3.8, 4) is 0 Å². The SMILES string of the molecule is N=C/C(=C\N)c1ccc2ncc(C(=O)C3CC3)c(NC3CCC(N)CC3)c2c1. The minimum Gasteiger partial charge on any atom is -0.404 e. The zero-order chi connectivity index (χ0) is 19.7. The lowest BCUT2D eigenvalue weighted by Gasteiger charge is -2.29. The molecule has 6 nitrogen and oxygen atoms in total. The largest absolute Gasteiger partial charge is 0.404 e. The van der Waals surface area contributed by atoms with Gasteiger partial charge in [0.1, 0.15) is 0 Å². The number of benzene rings is 1. The number of hydrogen-bond donors (Lipinski definition) is 4. The van der Waals surface area contributed by atoms with Gasteiger partial charge in [-0.2, -0.15) is 0 Å². The van der Waals surface area contributed by atoms with Crippen molar-refractivity contribution in [3.05, 3.63) is 41.7 Å². The summed E-state index contributed by atoms with van der Waals surface area (Å²) >= 11 is 0. The van der Waals surface area contributed by atoms with Crippen LogP contribution in [0.15, 0.2) is 30.6 Å². The van der Waals surface area contributed by atoms with Crippen molar-refractivity contribution in [2.75, 3.05) is 5.32 Å². The van der Waals surface area contributed by atoms with Crippen LogP contribution < -0.4 is 16.8 Å². The van der Waals surface area contributed by atoms with Crippen LogP contribution in [-0.2, 0) is 0 Å². The minimum absolute atomic E-state index is 0.129. The molecule has 0 aliphatic heterocycles. The average Bonchev–Trinajstić information content (AvgIpc) is 3.56. The van der Waals surface area contributed by atoms with E-state index in [-0.39, 0.29) is 17.7 Å². The van der Waals surface area contributed by atoms with Gasteiger partial charge in [-0.1, -0.05) is 6.07 Å². The van der Waals surface area contributed by atoms with E-state index < -0.39 is 0 Å². The molecule has 0 radical (unpaired) electrons. The Labute approximate surface area is 164 Å². The van der Waals surface area contributed by atoms with E-state index in [0.717, 1.165) is 60.7 Å². The molecule has 146 valence electrons. The van der Waals surface area contributed by atoms with Gasteiger partial charge in [0, 0.05) is 47.6 Å². The average molecular weight is 377 g/mol. The summed E-state index contributed by atoms with van der Waals surface area (Å²) in [5, 5.41) is 12.1. The topological polar surface area (TPSA) is 118 Å². The predicted octanol–water partition coefficient (Wildman–Crippen LogP) is 3.46. The van der Waals surface area contributed by atoms with Gasteiger partial charge in [-0.3, -0.25) is 9.78 Å². The highest BCUT2D eigenvalue weighted by Crippen LogP contribution is 2.38. The number of nitrogens with zero attached hydrogens (tertiary/aromatic N) is 1. The Kier molecular flexibility index (Phi) is 5.13. The maximum atomic E-state index is 12.9. The quantitative estimate of drug-likeness (QED) is 0.454. The number of ketones is 1. The first-order valence-corrected chi connectivity index (χ1v) is 10.0. The Bertz CT molecular complexity index is 939. The number of rotatable bonds is 6. The van der Waals surface area contributed by atoms with Crippen molar-refractivity contribution < 1.29 is 4.79 Å². The lowest BCUT2D eigenvalue weighted by atomic mass is 9.91. The van der Waals surface area contributed by atoms with E-state index in [1.165, 1.54) is 12.4 Å². The molecule has 0 atom stereocenters. The smallest absolute Gasteiger partial charge is 0.169 e. The van der Waals surface area contributed by atoms with Gasteiger partial charge in [-0.25, -0.2) is 0 Å². The highest BCUT2D eigenvalue weighted by atomic mass is 16.1. The molecular formula is C22H27N5O. The van der Waals surface area contributed by atoms with Gasteiger partial charge in [0.2, 0.25) is 0 Å². The van der Waals surface area contributed by atoms with Crippen molar-refractivity contribution in [1.82, 2.24) is 4.98 Å². The molecule has 6 heteroatoms. The lowest BCUT2D eigenvalue weighted by Crippen LogP contribution is -2.33. The molecule has 0 unspecified atom stereocenters. The van der Waals surface area contributed by atoms with E-state index in [1.807, 2.05) is 18.2 Å². The van der Waals surface area contributed by atoms with Gasteiger partial charge in [0.15, 0.2) is 5.78 Å². The van der Waals surface area contributed by atoms with Crippen molar-refractivity contribution in [3.63, 3.8) is 0 Å². The van der Waals surface area contributed by atoms with E-state index >= 15 is 0 Å². The molecule has 1 aromatic heterocycles. The number of nitrogens with one attached hydrogen (secondary N) is 2. The van der Waals surface area contributed by atoms with Crippen LogP contribution in [0.3, 0.4) is 0 Å². The van der Waals surface area contributed by atoms with Crippen LogP contribution >= 0.6 is 0 Å². The zero-order valence-electron chi connectivity index (χ0n) is 15.9. The number of aromatic nitrogens is 1. The van der Waals surface area contributed by atoms with E-state index in [4.69, 9.17) is 16.9 Å². The molecule has 1 heterocycles. The fraction of sp³-hybridized carbons (Fsp3) is 0.409. The van der Waals surface area contributed by atoms with Gasteiger partial charge < -0.3 is 22.2 Å². The van der Waals surface area contributed by atoms with Crippen LogP contribution in [0.1, 0.15) is 54.4 Å². The fourth-order valence-electron chi connectivity index (χ4n) is 3.98. The molecule has 0 spiro atoms. The zero-order valence-corrected chi connectivity index (χ0v) is 15.9. The van der Waals surface area contributed by atoms with Crippen LogP contribution in [0.25, 0.3) is 16.5 Å². The van der Waals surface area contributed by atoms with Crippen LogP contribution in [0, 0.1) is 11.3 Å². The van der Waals surface area contributed by atoms with Gasteiger partial charge in [-0.05, 0) is 56.2 Å². The molecule has 2 fully saturated rings. The molecule has 1 aromatic carbocycles. The summed E-state index contributed by atoms with van der Waals surface area (Å²) in [6.45, 7) is 0. The number of hydrogen-bond acceptors (Lipinski definition) is 6. The number of pyridine rings is 1. The third-order valence-electron chi connectivity index (χ3n) is 5.87. The molecule has 4 rings (SSSR count). The molecule has 0 bridgehead atoms. The molecule has 6 N–H and O–H groups in total. The normalized spacial score (nSPS) is 22.8. The monoisotopic (exact) mass is 377 g/mol. The molecule has 2 aromatic rings. The molecular weight excluding hydrogens is 350 g/mol. The van der Waals surface area contributed by atoms with Crippen molar-refractivity contribution >= 4 is 34.2 Å². The summed E-state index contributed by atoms with van der Waals surface area (Å²) in [7, 11) is 0. The Morgan fingerprint density at radius 1 is 1.18 bits per heavy atom. The highest BCUT2D eigenvalue weighted by molar-refractivity contribution is 6.12. The fourth-order valence-corrected chi connectivity index (χ4v) is 3.98. The Morgan fingerprint density at radius 2 is 1.93 bits per heavy atom. The van der Waals surface area contributed by atoms with Gasteiger partial charge in [-0.15, -0.1) is 0 Å². The number of fused-ring (bicyclic) bond motifs is 1. The third kappa shape index (κ3) is 3.64. The predicted molar refractivity (Wildman–Crippen MR) is 114 cm³/mol. The highest BCUT2D eigenvalue weighted by Gasteiger charge is 2.33. The van der Waals surface area contributed by atoms with Crippen LogP contribution in [0.5, 0.6) is 0 Å². The van der Waals surface area contributed by atoms with E-state index in [1.54, 1.807) is 6.20 Å². The Morgan fingerprint density at radius 3 is 2.57 bits per heavy atom. The van der Waals surface area contributed by atoms with Crippen LogP contribution in [0.2, 0.25) is 0 Å². The first kappa shape index (κ1) is 18.6. The summed E-state index contributed by atoms with van der Waals surface area (Å²) in [5.74, 6) is 0.306.